The van der Waals surface area contributed by atoms with Crippen LogP contribution in [0.25, 0.3) is 11.1 Å². The van der Waals surface area contributed by atoms with Gasteiger partial charge in [0.15, 0.2) is 0 Å². The summed E-state index contributed by atoms with van der Waals surface area (Å²) in [6.07, 6.45) is 3.50. The summed E-state index contributed by atoms with van der Waals surface area (Å²) in [4.78, 5) is 0. The van der Waals surface area contributed by atoms with Crippen LogP contribution >= 0.6 is 0 Å². The van der Waals surface area contributed by atoms with Gasteiger partial charge in [-0.15, -0.1) is 0 Å². The third-order valence-corrected chi connectivity index (χ3v) is 3.19. The number of aryl methyl sites for hydroxylation is 2. The minimum absolute atomic E-state index is 1.11. The van der Waals surface area contributed by atoms with Crippen molar-refractivity contribution in [1.82, 2.24) is 0 Å². The minimum Gasteiger partial charge on any atom is -0.0651 e. The highest BCUT2D eigenvalue weighted by atomic mass is 14.0. The number of hydrogen-bond acceptors (Lipinski definition) is 0. The lowest BCUT2D eigenvalue weighted by Crippen LogP contribution is -1.84. The first-order valence-electron chi connectivity index (χ1n) is 6.51. The second-order valence-corrected chi connectivity index (χ2v) is 4.50. The molecule has 0 bridgehead atoms. The number of benzene rings is 2. The SMILES string of the molecule is CCCc1ccc(-c2ccc(CC)cc2)cc1. The van der Waals surface area contributed by atoms with E-state index in [9.17, 15) is 0 Å². The average molecular weight is 224 g/mol. The smallest absolute Gasteiger partial charge is 0.0184 e. The Hall–Kier alpha value is -1.56. The van der Waals surface area contributed by atoms with E-state index in [2.05, 4.69) is 62.4 Å². The Morgan fingerprint density at radius 2 is 1.12 bits per heavy atom. The van der Waals surface area contributed by atoms with Crippen LogP contribution in [0, 0.1) is 0 Å². The van der Waals surface area contributed by atoms with E-state index in [1.807, 2.05) is 0 Å². The molecule has 0 N–H and O–H groups in total. The summed E-state index contributed by atoms with van der Waals surface area (Å²) in [6.45, 7) is 4.41. The molecule has 0 nitrogen and oxygen atoms in total. The molecule has 0 radical (unpaired) electrons. The van der Waals surface area contributed by atoms with Crippen molar-refractivity contribution in [3.8, 4) is 11.1 Å². The van der Waals surface area contributed by atoms with Gasteiger partial charge in [-0.05, 0) is 35.1 Å². The maximum absolute atomic E-state index is 2.24. The monoisotopic (exact) mass is 224 g/mol. The van der Waals surface area contributed by atoms with E-state index in [0.717, 1.165) is 6.42 Å². The summed E-state index contributed by atoms with van der Waals surface area (Å²) in [5.41, 5.74) is 5.45. The van der Waals surface area contributed by atoms with Gasteiger partial charge in [-0.25, -0.2) is 0 Å². The molecule has 0 heterocycles. The maximum Gasteiger partial charge on any atom is -0.0184 e. The number of hydrogen-bond donors (Lipinski definition) is 0. The molecule has 17 heavy (non-hydrogen) atoms. The molecule has 0 amide bonds. The second-order valence-electron chi connectivity index (χ2n) is 4.50. The first-order valence-corrected chi connectivity index (χ1v) is 6.51. The molecule has 0 atom stereocenters. The van der Waals surface area contributed by atoms with Gasteiger partial charge < -0.3 is 0 Å². The zero-order chi connectivity index (χ0) is 12.1. The highest BCUT2D eigenvalue weighted by Gasteiger charge is 1.98. The predicted molar refractivity (Wildman–Crippen MR) is 75.3 cm³/mol. The van der Waals surface area contributed by atoms with Gasteiger partial charge in [0.05, 0.1) is 0 Å². The Labute approximate surface area is 104 Å². The summed E-state index contributed by atoms with van der Waals surface area (Å²) in [5.74, 6) is 0. The highest BCUT2D eigenvalue weighted by Crippen LogP contribution is 2.20. The molecule has 0 aromatic heterocycles. The fourth-order valence-electron chi connectivity index (χ4n) is 2.09. The molecule has 88 valence electrons. The fraction of sp³-hybridized carbons (Fsp3) is 0.294. The summed E-state index contributed by atoms with van der Waals surface area (Å²) >= 11 is 0. The third kappa shape index (κ3) is 2.97. The molecule has 0 aliphatic heterocycles. The van der Waals surface area contributed by atoms with Crippen molar-refractivity contribution in [3.05, 3.63) is 59.7 Å². The van der Waals surface area contributed by atoms with Crippen molar-refractivity contribution in [1.29, 1.82) is 0 Å². The van der Waals surface area contributed by atoms with E-state index in [4.69, 9.17) is 0 Å². The molecule has 0 spiro atoms. The zero-order valence-corrected chi connectivity index (χ0v) is 10.7. The van der Waals surface area contributed by atoms with E-state index >= 15 is 0 Å². The molecule has 0 aliphatic rings. The lowest BCUT2D eigenvalue weighted by atomic mass is 10.0. The molecule has 0 heteroatoms. The minimum atomic E-state index is 1.11. The van der Waals surface area contributed by atoms with E-state index < -0.39 is 0 Å². The Morgan fingerprint density at radius 3 is 1.53 bits per heavy atom. The lowest BCUT2D eigenvalue weighted by molar-refractivity contribution is 0.922. The van der Waals surface area contributed by atoms with Crippen LogP contribution in [-0.2, 0) is 12.8 Å². The quantitative estimate of drug-likeness (QED) is 0.695. The Balaban J connectivity index is 2.20. The molecular weight excluding hydrogens is 204 g/mol. The molecular formula is C17H20. The normalized spacial score (nSPS) is 10.5. The van der Waals surface area contributed by atoms with Gasteiger partial charge in [-0.3, -0.25) is 0 Å². The van der Waals surface area contributed by atoms with Crippen molar-refractivity contribution in [2.45, 2.75) is 33.1 Å². The van der Waals surface area contributed by atoms with Gasteiger partial charge >= 0.3 is 0 Å². The fourth-order valence-corrected chi connectivity index (χ4v) is 2.09. The summed E-state index contributed by atoms with van der Waals surface area (Å²) in [6, 6.07) is 17.8. The largest absolute Gasteiger partial charge is 0.0651 e. The molecule has 2 aromatic carbocycles. The molecule has 0 saturated carbocycles. The Kier molecular flexibility index (Phi) is 3.98. The van der Waals surface area contributed by atoms with Crippen LogP contribution in [0.15, 0.2) is 48.5 Å². The highest BCUT2D eigenvalue weighted by molar-refractivity contribution is 5.63. The molecule has 0 fully saturated rings. The number of rotatable bonds is 4. The standard InChI is InChI=1S/C17H20/c1-3-5-15-8-12-17(13-9-15)16-10-6-14(4-2)7-11-16/h6-13H,3-5H2,1-2H3. The van der Waals surface area contributed by atoms with E-state index in [0.29, 0.717) is 0 Å². The molecule has 0 unspecified atom stereocenters. The van der Waals surface area contributed by atoms with Gasteiger partial charge in [-0.2, -0.15) is 0 Å². The lowest BCUT2D eigenvalue weighted by Gasteiger charge is -2.05. The zero-order valence-electron chi connectivity index (χ0n) is 10.7. The van der Waals surface area contributed by atoms with Gasteiger partial charge in [-0.1, -0.05) is 68.8 Å². The van der Waals surface area contributed by atoms with Crippen LogP contribution in [0.1, 0.15) is 31.4 Å². The second kappa shape index (κ2) is 5.67. The first-order chi connectivity index (χ1) is 8.33. The first kappa shape index (κ1) is 11.9. The van der Waals surface area contributed by atoms with Crippen LogP contribution in [0.4, 0.5) is 0 Å². The Bertz CT molecular complexity index is 448. The topological polar surface area (TPSA) is 0 Å². The van der Waals surface area contributed by atoms with Crippen molar-refractivity contribution in [2.75, 3.05) is 0 Å². The molecule has 2 aromatic rings. The van der Waals surface area contributed by atoms with Crippen LogP contribution in [0.2, 0.25) is 0 Å². The van der Waals surface area contributed by atoms with Gasteiger partial charge in [0, 0.05) is 0 Å². The summed E-state index contributed by atoms with van der Waals surface area (Å²) in [7, 11) is 0. The van der Waals surface area contributed by atoms with Crippen molar-refractivity contribution in [2.24, 2.45) is 0 Å². The van der Waals surface area contributed by atoms with Gasteiger partial charge in [0.25, 0.3) is 0 Å². The van der Waals surface area contributed by atoms with Gasteiger partial charge in [0.2, 0.25) is 0 Å². The van der Waals surface area contributed by atoms with Crippen molar-refractivity contribution in [3.63, 3.8) is 0 Å². The van der Waals surface area contributed by atoms with Gasteiger partial charge in [0.1, 0.15) is 0 Å². The van der Waals surface area contributed by atoms with Crippen molar-refractivity contribution < 1.29 is 0 Å². The molecule has 0 aliphatic carbocycles. The van der Waals surface area contributed by atoms with E-state index in [1.54, 1.807) is 0 Å². The predicted octanol–water partition coefficient (Wildman–Crippen LogP) is 4.87. The third-order valence-electron chi connectivity index (χ3n) is 3.19. The van der Waals surface area contributed by atoms with Crippen molar-refractivity contribution >= 4 is 0 Å². The summed E-state index contributed by atoms with van der Waals surface area (Å²) < 4.78 is 0. The van der Waals surface area contributed by atoms with Crippen LogP contribution in [0.3, 0.4) is 0 Å². The molecule has 0 saturated heterocycles. The van der Waals surface area contributed by atoms with E-state index in [1.165, 1.54) is 35.1 Å². The maximum atomic E-state index is 2.24. The van der Waals surface area contributed by atoms with Crippen LogP contribution in [-0.4, -0.2) is 0 Å². The average Bonchev–Trinajstić information content (AvgIpc) is 2.40. The Morgan fingerprint density at radius 1 is 0.647 bits per heavy atom. The molecule has 2 rings (SSSR count). The van der Waals surface area contributed by atoms with E-state index in [-0.39, 0.29) is 0 Å². The van der Waals surface area contributed by atoms with Crippen LogP contribution < -0.4 is 0 Å². The summed E-state index contributed by atoms with van der Waals surface area (Å²) in [5, 5.41) is 0. The van der Waals surface area contributed by atoms with Crippen LogP contribution in [0.5, 0.6) is 0 Å².